The van der Waals surface area contributed by atoms with Crippen LogP contribution in [0.4, 0.5) is 0 Å². The van der Waals surface area contributed by atoms with Crippen molar-refractivity contribution >= 4 is 11.9 Å². The first kappa shape index (κ1) is 12.5. The summed E-state index contributed by atoms with van der Waals surface area (Å²) in [6, 6.07) is 0. The zero-order valence-corrected chi connectivity index (χ0v) is 9.69. The first-order valence-electron chi connectivity index (χ1n) is 5.44. The molecule has 0 spiro atoms. The number of nitrogens with zero attached hydrogens (tertiary/aromatic N) is 1. The third-order valence-corrected chi connectivity index (χ3v) is 2.70. The number of rotatable bonds is 3. The van der Waals surface area contributed by atoms with Gasteiger partial charge in [-0.2, -0.15) is 0 Å². The summed E-state index contributed by atoms with van der Waals surface area (Å²) in [6.45, 7) is 4.50. The van der Waals surface area contributed by atoms with Gasteiger partial charge in [0, 0.05) is 18.7 Å². The molecule has 0 aromatic heterocycles. The zero-order valence-electron chi connectivity index (χ0n) is 9.69. The molecule has 16 heavy (non-hydrogen) atoms. The molecule has 1 rings (SSSR count). The van der Waals surface area contributed by atoms with Crippen LogP contribution in [0, 0.1) is 0 Å². The number of carboxylic acid groups (broad SMARTS) is 1. The number of carbonyl (C=O) groups is 2. The molecule has 4 nitrogen and oxygen atoms in total. The van der Waals surface area contributed by atoms with Crippen LogP contribution in [0.25, 0.3) is 0 Å². The smallest absolute Gasteiger partial charge is 0.303 e. The monoisotopic (exact) mass is 223 g/mol. The number of carboxylic acids is 1. The molecule has 1 aliphatic rings. The minimum Gasteiger partial charge on any atom is -0.481 e. The molecule has 1 aliphatic heterocycles. The standard InChI is InChI=1S/C12H17NO3/c1-3-9-7-8-13(10(9)4-2)11(14)5-6-12(15)16/h3-4H,5-8H2,1-2H3,(H,15,16). The number of hydrogen-bond acceptors (Lipinski definition) is 2. The van der Waals surface area contributed by atoms with E-state index in [1.54, 1.807) is 4.90 Å². The van der Waals surface area contributed by atoms with Crippen LogP contribution in [0.15, 0.2) is 23.4 Å². The Hall–Kier alpha value is -1.58. The van der Waals surface area contributed by atoms with E-state index in [2.05, 4.69) is 0 Å². The highest BCUT2D eigenvalue weighted by atomic mass is 16.4. The fourth-order valence-electron chi connectivity index (χ4n) is 1.90. The second kappa shape index (κ2) is 5.49. The molecule has 0 aromatic rings. The van der Waals surface area contributed by atoms with E-state index >= 15 is 0 Å². The van der Waals surface area contributed by atoms with Gasteiger partial charge < -0.3 is 10.0 Å². The van der Waals surface area contributed by atoms with Crippen LogP contribution in [0.1, 0.15) is 33.1 Å². The van der Waals surface area contributed by atoms with E-state index in [0.717, 1.165) is 17.7 Å². The molecule has 1 N–H and O–H groups in total. The van der Waals surface area contributed by atoms with Crippen LogP contribution in [0.5, 0.6) is 0 Å². The van der Waals surface area contributed by atoms with E-state index in [1.165, 1.54) is 0 Å². The van der Waals surface area contributed by atoms with Gasteiger partial charge >= 0.3 is 5.97 Å². The molecule has 0 aliphatic carbocycles. The van der Waals surface area contributed by atoms with E-state index in [-0.39, 0.29) is 18.7 Å². The van der Waals surface area contributed by atoms with E-state index < -0.39 is 5.97 Å². The summed E-state index contributed by atoms with van der Waals surface area (Å²) in [5.41, 5.74) is 2.09. The van der Waals surface area contributed by atoms with Crippen LogP contribution in [-0.4, -0.2) is 28.4 Å². The highest BCUT2D eigenvalue weighted by Crippen LogP contribution is 2.27. The zero-order chi connectivity index (χ0) is 12.1. The summed E-state index contributed by atoms with van der Waals surface area (Å²) in [4.78, 5) is 23.8. The lowest BCUT2D eigenvalue weighted by molar-refractivity contribution is -0.140. The fourth-order valence-corrected chi connectivity index (χ4v) is 1.90. The summed E-state index contributed by atoms with van der Waals surface area (Å²) in [5, 5.41) is 8.53. The van der Waals surface area contributed by atoms with Gasteiger partial charge in [0.25, 0.3) is 0 Å². The SMILES string of the molecule is CC=C1CCN(C(=O)CCC(=O)O)C1=CC. The van der Waals surface area contributed by atoms with E-state index in [4.69, 9.17) is 5.11 Å². The van der Waals surface area contributed by atoms with Gasteiger partial charge in [-0.3, -0.25) is 9.59 Å². The molecule has 0 atom stereocenters. The van der Waals surface area contributed by atoms with Crippen LogP contribution < -0.4 is 0 Å². The second-order valence-corrected chi connectivity index (χ2v) is 3.68. The predicted molar refractivity (Wildman–Crippen MR) is 60.7 cm³/mol. The highest BCUT2D eigenvalue weighted by molar-refractivity contribution is 5.83. The molecular weight excluding hydrogens is 206 g/mol. The number of hydrogen-bond donors (Lipinski definition) is 1. The molecule has 1 saturated heterocycles. The predicted octanol–water partition coefficient (Wildman–Crippen LogP) is 1.93. The topological polar surface area (TPSA) is 57.6 Å². The average molecular weight is 223 g/mol. The van der Waals surface area contributed by atoms with E-state index in [0.29, 0.717) is 6.54 Å². The molecule has 0 aromatic carbocycles. The van der Waals surface area contributed by atoms with Crippen molar-refractivity contribution in [3.05, 3.63) is 23.4 Å². The largest absolute Gasteiger partial charge is 0.481 e. The van der Waals surface area contributed by atoms with Crippen molar-refractivity contribution in [1.82, 2.24) is 4.90 Å². The lowest BCUT2D eigenvalue weighted by Gasteiger charge is -2.17. The molecule has 0 saturated carbocycles. The van der Waals surface area contributed by atoms with Crippen molar-refractivity contribution in [3.8, 4) is 0 Å². The molecule has 0 bridgehead atoms. The maximum Gasteiger partial charge on any atom is 0.303 e. The minimum atomic E-state index is -0.930. The number of likely N-dealkylation sites (tertiary alicyclic amines) is 1. The summed E-state index contributed by atoms with van der Waals surface area (Å²) in [7, 11) is 0. The van der Waals surface area contributed by atoms with Gasteiger partial charge in [0.15, 0.2) is 0 Å². The summed E-state index contributed by atoms with van der Waals surface area (Å²) < 4.78 is 0. The molecule has 1 fully saturated rings. The maximum atomic E-state index is 11.8. The normalized spacial score (nSPS) is 20.8. The molecule has 0 radical (unpaired) electrons. The van der Waals surface area contributed by atoms with Gasteiger partial charge in [-0.05, 0) is 25.8 Å². The minimum absolute atomic E-state index is 0.0731. The van der Waals surface area contributed by atoms with Crippen molar-refractivity contribution < 1.29 is 14.7 Å². The van der Waals surface area contributed by atoms with Gasteiger partial charge in [0.2, 0.25) is 5.91 Å². The number of carbonyl (C=O) groups excluding carboxylic acids is 1. The summed E-state index contributed by atoms with van der Waals surface area (Å²) >= 11 is 0. The van der Waals surface area contributed by atoms with E-state index in [1.807, 2.05) is 26.0 Å². The molecule has 1 heterocycles. The first-order chi connectivity index (χ1) is 7.60. The van der Waals surface area contributed by atoms with Crippen molar-refractivity contribution in [3.63, 3.8) is 0 Å². The lowest BCUT2D eigenvalue weighted by atomic mass is 10.1. The van der Waals surface area contributed by atoms with Crippen molar-refractivity contribution in [1.29, 1.82) is 0 Å². The maximum absolute atomic E-state index is 11.8. The lowest BCUT2D eigenvalue weighted by Crippen LogP contribution is -2.26. The molecule has 4 heteroatoms. The Balaban J connectivity index is 2.68. The average Bonchev–Trinajstić information content (AvgIpc) is 2.68. The van der Waals surface area contributed by atoms with Gasteiger partial charge in [0.05, 0.1) is 6.42 Å². The number of allylic oxidation sites excluding steroid dienone is 3. The Morgan fingerprint density at radius 2 is 2.00 bits per heavy atom. The quantitative estimate of drug-likeness (QED) is 0.795. The summed E-state index contributed by atoms with van der Waals surface area (Å²) in [5.74, 6) is -1.03. The molecule has 0 unspecified atom stereocenters. The van der Waals surface area contributed by atoms with E-state index in [9.17, 15) is 9.59 Å². The second-order valence-electron chi connectivity index (χ2n) is 3.68. The Labute approximate surface area is 95.2 Å². The van der Waals surface area contributed by atoms with Gasteiger partial charge in [-0.15, -0.1) is 0 Å². The van der Waals surface area contributed by atoms with Crippen molar-refractivity contribution in [2.24, 2.45) is 0 Å². The highest BCUT2D eigenvalue weighted by Gasteiger charge is 2.26. The Morgan fingerprint density at radius 1 is 1.31 bits per heavy atom. The molecular formula is C12H17NO3. The number of amides is 1. The van der Waals surface area contributed by atoms with Crippen LogP contribution >= 0.6 is 0 Å². The van der Waals surface area contributed by atoms with Crippen LogP contribution in [0.3, 0.4) is 0 Å². The molecule has 1 amide bonds. The third kappa shape index (κ3) is 2.72. The fraction of sp³-hybridized carbons (Fsp3) is 0.500. The number of aliphatic carboxylic acids is 1. The van der Waals surface area contributed by atoms with Gasteiger partial charge in [-0.25, -0.2) is 0 Å². The Bertz CT molecular complexity index is 355. The Kier molecular flexibility index (Phi) is 4.28. The van der Waals surface area contributed by atoms with Crippen molar-refractivity contribution in [2.75, 3.05) is 6.54 Å². The third-order valence-electron chi connectivity index (χ3n) is 2.70. The van der Waals surface area contributed by atoms with Gasteiger partial charge in [0.1, 0.15) is 0 Å². The Morgan fingerprint density at radius 3 is 2.50 bits per heavy atom. The summed E-state index contributed by atoms with van der Waals surface area (Å²) in [6.07, 6.45) is 4.73. The van der Waals surface area contributed by atoms with Crippen LogP contribution in [0.2, 0.25) is 0 Å². The van der Waals surface area contributed by atoms with Crippen LogP contribution in [-0.2, 0) is 9.59 Å². The van der Waals surface area contributed by atoms with Crippen molar-refractivity contribution in [2.45, 2.75) is 33.1 Å². The molecule has 88 valence electrons. The first-order valence-corrected chi connectivity index (χ1v) is 5.44. The van der Waals surface area contributed by atoms with Gasteiger partial charge in [-0.1, -0.05) is 12.2 Å².